The molecular weight excluding hydrogens is 349 g/mol. The topological polar surface area (TPSA) is 23.9 Å². The third kappa shape index (κ3) is 88.9. The van der Waals surface area contributed by atoms with E-state index in [1.165, 1.54) is 6.42 Å². The normalized spacial score (nSPS) is 3.67. The van der Waals surface area contributed by atoms with Gasteiger partial charge in [0.25, 0.3) is 0 Å². The quantitative estimate of drug-likeness (QED) is 0.450. The molecule has 0 aromatic heterocycles. The monoisotopic (exact) mass is 358 g/mol. The van der Waals surface area contributed by atoms with Crippen LogP contribution in [0, 0.1) is 10.2 Å². The molecule has 61 valence electrons. The van der Waals surface area contributed by atoms with Gasteiger partial charge < -0.3 is 43.6 Å². The van der Waals surface area contributed by atoms with Crippen LogP contribution in [0.4, 0.5) is 0 Å². The molecule has 9 heavy (non-hydrogen) atoms. The molecule has 0 bridgehead atoms. The summed E-state index contributed by atoms with van der Waals surface area (Å²) in [5, 5.41) is 0. The van der Waals surface area contributed by atoms with E-state index in [2.05, 4.69) is 20.3 Å². The molecule has 0 aromatic rings. The SMILES string of the molecule is C[CH-]CC.[Cl-].[Cl-].[Cl-].[NH]=[Ta]. The van der Waals surface area contributed by atoms with E-state index in [-0.39, 0.29) is 37.2 Å². The molecule has 5 heteroatoms. The van der Waals surface area contributed by atoms with Crippen LogP contribution >= 0.6 is 0 Å². The number of hydrogen-bond acceptors (Lipinski definition) is 1. The third-order valence-electron chi connectivity index (χ3n) is 0.408. The van der Waals surface area contributed by atoms with E-state index >= 15 is 0 Å². The average molecular weight is 359 g/mol. The molecule has 0 fully saturated rings. The molecule has 0 heterocycles. The van der Waals surface area contributed by atoms with Gasteiger partial charge in [0.05, 0.1) is 0 Å². The van der Waals surface area contributed by atoms with Crippen molar-refractivity contribution in [3.63, 3.8) is 0 Å². The van der Waals surface area contributed by atoms with Crippen LogP contribution in [-0.4, -0.2) is 0 Å². The van der Waals surface area contributed by atoms with Gasteiger partial charge in [0.1, 0.15) is 0 Å². The Labute approximate surface area is 88.2 Å². The van der Waals surface area contributed by atoms with Crippen LogP contribution in [0.1, 0.15) is 20.3 Å². The Bertz CT molecular complexity index is 23.3. The summed E-state index contributed by atoms with van der Waals surface area (Å²) < 4.78 is 5.86. The van der Waals surface area contributed by atoms with Crippen molar-refractivity contribution in [2.24, 2.45) is 0 Å². The summed E-state index contributed by atoms with van der Waals surface area (Å²) in [5.74, 6) is 0. The Morgan fingerprint density at radius 1 is 1.22 bits per heavy atom. The van der Waals surface area contributed by atoms with Gasteiger partial charge in [0.15, 0.2) is 0 Å². The molecule has 0 radical (unpaired) electrons. The molecule has 0 rings (SSSR count). The predicted octanol–water partition coefficient (Wildman–Crippen LogP) is -7.07. The van der Waals surface area contributed by atoms with Crippen molar-refractivity contribution in [1.82, 2.24) is 0 Å². The van der Waals surface area contributed by atoms with Crippen molar-refractivity contribution in [2.75, 3.05) is 0 Å². The summed E-state index contributed by atoms with van der Waals surface area (Å²) in [5.41, 5.74) is 0. The summed E-state index contributed by atoms with van der Waals surface area (Å²) in [7, 11) is 0. The Morgan fingerprint density at radius 2 is 1.33 bits per heavy atom. The molecule has 0 aliphatic heterocycles. The number of nitrogens with one attached hydrogen (secondary N) is 1. The van der Waals surface area contributed by atoms with Crippen molar-refractivity contribution in [1.29, 1.82) is 3.76 Å². The second-order valence-corrected chi connectivity index (χ2v) is 0.816. The van der Waals surface area contributed by atoms with Crippen molar-refractivity contribution in [2.45, 2.75) is 20.3 Å². The molecule has 0 amide bonds. The second kappa shape index (κ2) is 57.2. The summed E-state index contributed by atoms with van der Waals surface area (Å²) >= 11 is 0.694. The molecule has 0 saturated carbocycles. The second-order valence-electron chi connectivity index (χ2n) is 0.816. The Kier molecular flexibility index (Phi) is 200. The summed E-state index contributed by atoms with van der Waals surface area (Å²) in [4.78, 5) is 0. The van der Waals surface area contributed by atoms with Crippen LogP contribution in [0.15, 0.2) is 0 Å². The fraction of sp³-hybridized carbons (Fsp3) is 0.750. The molecular formula is C4H10Cl3NTa-4. The van der Waals surface area contributed by atoms with Crippen LogP contribution < -0.4 is 37.2 Å². The van der Waals surface area contributed by atoms with E-state index < -0.39 is 0 Å². The minimum absolute atomic E-state index is 0. The zero-order chi connectivity index (χ0) is 5.41. The number of halogens is 3. The van der Waals surface area contributed by atoms with Crippen LogP contribution in [0.25, 0.3) is 0 Å². The Hall–Kier alpha value is 1.41. The average Bonchev–Trinajstić information content (AvgIpc) is 1.72. The van der Waals surface area contributed by atoms with E-state index in [9.17, 15) is 0 Å². The number of hydrogen-bond donors (Lipinski definition) is 1. The van der Waals surface area contributed by atoms with Gasteiger partial charge in [-0.1, -0.05) is 6.92 Å². The van der Waals surface area contributed by atoms with Gasteiger partial charge in [-0.2, -0.15) is 13.3 Å². The van der Waals surface area contributed by atoms with Gasteiger partial charge in [-0.3, -0.25) is 0 Å². The van der Waals surface area contributed by atoms with Crippen molar-refractivity contribution < 1.29 is 58.1 Å². The van der Waals surface area contributed by atoms with Gasteiger partial charge in [0.2, 0.25) is 0 Å². The van der Waals surface area contributed by atoms with E-state index in [0.29, 0.717) is 20.9 Å². The number of rotatable bonds is 1. The molecule has 0 unspecified atom stereocenters. The number of unbranched alkanes of at least 4 members (excludes halogenated alkanes) is 1. The van der Waals surface area contributed by atoms with Gasteiger partial charge in [0, 0.05) is 0 Å². The van der Waals surface area contributed by atoms with Gasteiger partial charge in [-0.25, -0.2) is 0 Å². The molecule has 1 N–H and O–H groups in total. The first kappa shape index (κ1) is 31.5. The maximum absolute atomic E-state index is 5.86. The van der Waals surface area contributed by atoms with E-state index in [1.807, 2.05) is 0 Å². The van der Waals surface area contributed by atoms with Crippen LogP contribution in [-0.2, 0) is 20.9 Å². The van der Waals surface area contributed by atoms with Crippen LogP contribution in [0.3, 0.4) is 0 Å². The zero-order valence-electron chi connectivity index (χ0n) is 5.37. The maximum atomic E-state index is 5.86. The van der Waals surface area contributed by atoms with Crippen molar-refractivity contribution >= 4 is 0 Å². The van der Waals surface area contributed by atoms with Crippen molar-refractivity contribution in [3.05, 3.63) is 6.42 Å². The van der Waals surface area contributed by atoms with Gasteiger partial charge in [-0.05, 0) is 0 Å². The van der Waals surface area contributed by atoms with Crippen molar-refractivity contribution in [3.8, 4) is 0 Å². The van der Waals surface area contributed by atoms with E-state index in [4.69, 9.17) is 3.76 Å². The molecule has 0 spiro atoms. The van der Waals surface area contributed by atoms with Crippen LogP contribution in [0.5, 0.6) is 0 Å². The van der Waals surface area contributed by atoms with Crippen LogP contribution in [0.2, 0.25) is 0 Å². The predicted molar refractivity (Wildman–Crippen MR) is 23.0 cm³/mol. The third-order valence-corrected chi connectivity index (χ3v) is 0.408. The summed E-state index contributed by atoms with van der Waals surface area (Å²) in [6.07, 6.45) is 3.32. The van der Waals surface area contributed by atoms with Gasteiger partial charge >= 0.3 is 24.6 Å². The standard InChI is InChI=1S/C4H9.3ClH.HN.Ta/c1-3-4-2;;;;;/h3H,4H2,1-2H3;4*1H;/q-1;;;;;/p-3. The fourth-order valence-corrected chi connectivity index (χ4v) is 0. The Balaban J connectivity index is -0.00000000990. The molecule has 0 aromatic carbocycles. The summed E-state index contributed by atoms with van der Waals surface area (Å²) in [6.45, 7) is 4.18. The van der Waals surface area contributed by atoms with E-state index in [0.717, 1.165) is 0 Å². The molecule has 1 nitrogen and oxygen atoms in total. The first-order valence-electron chi connectivity index (χ1n) is 1.92. The zero-order valence-corrected chi connectivity index (χ0v) is 10.8. The molecule has 0 atom stereocenters. The first-order chi connectivity index (χ1) is 2.91. The van der Waals surface area contributed by atoms with Gasteiger partial charge in [-0.15, -0.1) is 0 Å². The molecule has 0 saturated heterocycles. The minimum atomic E-state index is 0. The molecule has 0 aliphatic rings. The van der Waals surface area contributed by atoms with E-state index in [1.54, 1.807) is 0 Å². The Morgan fingerprint density at radius 3 is 1.33 bits per heavy atom. The fourth-order valence-electron chi connectivity index (χ4n) is 0. The first-order valence-corrected chi connectivity index (χ1v) is 3.52. The summed E-state index contributed by atoms with van der Waals surface area (Å²) in [6, 6.07) is 0. The molecule has 0 aliphatic carbocycles.